The maximum atomic E-state index is 12.1. The monoisotopic (exact) mass is 285 g/mol. The molecule has 0 aliphatic rings. The lowest BCUT2D eigenvalue weighted by Gasteiger charge is -2.10. The lowest BCUT2D eigenvalue weighted by Crippen LogP contribution is -2.36. The largest absolute Gasteiger partial charge is 0.488 e. The molecule has 0 saturated carbocycles. The van der Waals surface area contributed by atoms with Crippen LogP contribution in [0.5, 0.6) is 5.75 Å². The quantitative estimate of drug-likeness (QED) is 0.597. The first kappa shape index (κ1) is 16.2. The molecule has 1 rings (SSSR count). The van der Waals surface area contributed by atoms with Crippen molar-refractivity contribution in [2.75, 3.05) is 19.7 Å². The van der Waals surface area contributed by atoms with Gasteiger partial charge in [-0.05, 0) is 31.5 Å². The smallest absolute Gasteiger partial charge is 0.272 e. The summed E-state index contributed by atoms with van der Waals surface area (Å²) in [6, 6.07) is 7.03. The number of aliphatic imine (C=N–C) groups is 1. The molecule has 0 unspecified atom stereocenters. The van der Waals surface area contributed by atoms with E-state index in [9.17, 15) is 8.78 Å². The van der Waals surface area contributed by atoms with E-state index >= 15 is 0 Å². The zero-order valence-corrected chi connectivity index (χ0v) is 11.8. The summed E-state index contributed by atoms with van der Waals surface area (Å²) in [7, 11) is 0. The summed E-state index contributed by atoms with van der Waals surface area (Å²) in [6.07, 6.45) is -2.47. The lowest BCUT2D eigenvalue weighted by molar-refractivity contribution is 0.0818. The summed E-state index contributed by atoms with van der Waals surface area (Å²) in [6.45, 7) is 5.41. The number of rotatable bonds is 7. The molecule has 0 radical (unpaired) electrons. The molecule has 0 aliphatic heterocycles. The van der Waals surface area contributed by atoms with Crippen LogP contribution in [0, 0.1) is 0 Å². The maximum Gasteiger partial charge on any atom is 0.272 e. The summed E-state index contributed by atoms with van der Waals surface area (Å²) in [4.78, 5) is 4.40. The van der Waals surface area contributed by atoms with Gasteiger partial charge in [0, 0.05) is 13.1 Å². The number of nitrogens with one attached hydrogen (secondary N) is 2. The predicted molar refractivity (Wildman–Crippen MR) is 76.4 cm³/mol. The Kier molecular flexibility index (Phi) is 7.39. The molecule has 0 fully saturated rings. The van der Waals surface area contributed by atoms with Crippen LogP contribution in [0.1, 0.15) is 19.4 Å². The van der Waals surface area contributed by atoms with Gasteiger partial charge in [0.1, 0.15) is 12.4 Å². The molecule has 2 N–H and O–H groups in total. The molecule has 0 aromatic heterocycles. The SMILES string of the molecule is CCNC(=NCc1cccc(OCC(F)F)c1)NCC. The topological polar surface area (TPSA) is 45.7 Å². The predicted octanol–water partition coefficient (Wildman–Crippen LogP) is 2.41. The van der Waals surface area contributed by atoms with Gasteiger partial charge in [0.2, 0.25) is 0 Å². The van der Waals surface area contributed by atoms with Crippen molar-refractivity contribution in [1.82, 2.24) is 10.6 Å². The number of nitrogens with zero attached hydrogens (tertiary/aromatic N) is 1. The van der Waals surface area contributed by atoms with Crippen molar-refractivity contribution < 1.29 is 13.5 Å². The van der Waals surface area contributed by atoms with Gasteiger partial charge in [-0.25, -0.2) is 13.8 Å². The Morgan fingerprint density at radius 1 is 1.25 bits per heavy atom. The first-order valence-corrected chi connectivity index (χ1v) is 6.67. The van der Waals surface area contributed by atoms with Gasteiger partial charge in [-0.15, -0.1) is 0 Å². The van der Waals surface area contributed by atoms with Gasteiger partial charge in [0.15, 0.2) is 5.96 Å². The van der Waals surface area contributed by atoms with Gasteiger partial charge < -0.3 is 15.4 Å². The fourth-order valence-corrected chi connectivity index (χ4v) is 1.57. The van der Waals surface area contributed by atoms with Gasteiger partial charge in [0.25, 0.3) is 6.43 Å². The van der Waals surface area contributed by atoms with E-state index in [1.807, 2.05) is 19.9 Å². The van der Waals surface area contributed by atoms with E-state index in [1.54, 1.807) is 18.2 Å². The Morgan fingerprint density at radius 2 is 1.95 bits per heavy atom. The fraction of sp³-hybridized carbons (Fsp3) is 0.500. The van der Waals surface area contributed by atoms with Crippen molar-refractivity contribution in [3.8, 4) is 5.75 Å². The molecule has 112 valence electrons. The Labute approximate surface area is 118 Å². The molecular weight excluding hydrogens is 264 g/mol. The van der Waals surface area contributed by atoms with E-state index in [0.29, 0.717) is 12.3 Å². The lowest BCUT2D eigenvalue weighted by atomic mass is 10.2. The molecule has 6 heteroatoms. The van der Waals surface area contributed by atoms with Crippen LogP contribution in [0.2, 0.25) is 0 Å². The van der Waals surface area contributed by atoms with Crippen molar-refractivity contribution in [2.45, 2.75) is 26.8 Å². The molecule has 0 heterocycles. The average Bonchev–Trinajstić information content (AvgIpc) is 2.43. The first-order valence-electron chi connectivity index (χ1n) is 6.67. The van der Waals surface area contributed by atoms with Crippen LogP contribution < -0.4 is 15.4 Å². The van der Waals surface area contributed by atoms with E-state index < -0.39 is 13.0 Å². The molecule has 0 atom stereocenters. The summed E-state index contributed by atoms with van der Waals surface area (Å²) in [5.41, 5.74) is 0.907. The third-order valence-corrected chi connectivity index (χ3v) is 2.38. The standard InChI is InChI=1S/C14H21F2N3O/c1-3-17-14(18-4-2)19-9-11-6-5-7-12(8-11)20-10-13(15)16/h5-8,13H,3-4,9-10H2,1-2H3,(H2,17,18,19). The number of benzene rings is 1. The third kappa shape index (κ3) is 6.36. The van der Waals surface area contributed by atoms with Gasteiger partial charge in [0.05, 0.1) is 6.54 Å². The van der Waals surface area contributed by atoms with Gasteiger partial charge in [-0.2, -0.15) is 0 Å². The van der Waals surface area contributed by atoms with E-state index in [0.717, 1.165) is 24.6 Å². The average molecular weight is 285 g/mol. The minimum atomic E-state index is -2.47. The fourth-order valence-electron chi connectivity index (χ4n) is 1.57. The summed E-state index contributed by atoms with van der Waals surface area (Å²) in [5, 5.41) is 6.23. The van der Waals surface area contributed by atoms with Crippen LogP contribution in [0.15, 0.2) is 29.3 Å². The summed E-state index contributed by atoms with van der Waals surface area (Å²) < 4.78 is 29.1. The van der Waals surface area contributed by atoms with Crippen molar-refractivity contribution >= 4 is 5.96 Å². The molecule has 0 bridgehead atoms. The number of hydrogen-bond acceptors (Lipinski definition) is 2. The summed E-state index contributed by atoms with van der Waals surface area (Å²) >= 11 is 0. The number of guanidine groups is 1. The maximum absolute atomic E-state index is 12.1. The highest BCUT2D eigenvalue weighted by Gasteiger charge is 2.04. The van der Waals surface area contributed by atoms with E-state index in [2.05, 4.69) is 15.6 Å². The van der Waals surface area contributed by atoms with Crippen LogP contribution in [0.3, 0.4) is 0 Å². The molecule has 1 aromatic carbocycles. The van der Waals surface area contributed by atoms with Crippen LogP contribution in [0.25, 0.3) is 0 Å². The Balaban J connectivity index is 2.62. The molecule has 0 saturated heterocycles. The molecule has 20 heavy (non-hydrogen) atoms. The molecule has 0 aliphatic carbocycles. The molecule has 4 nitrogen and oxygen atoms in total. The zero-order valence-electron chi connectivity index (χ0n) is 11.8. The second-order valence-corrected chi connectivity index (χ2v) is 4.07. The minimum Gasteiger partial charge on any atom is -0.488 e. The highest BCUT2D eigenvalue weighted by molar-refractivity contribution is 5.79. The normalized spacial score (nSPS) is 10.2. The highest BCUT2D eigenvalue weighted by atomic mass is 19.3. The van der Waals surface area contributed by atoms with Crippen LogP contribution in [0.4, 0.5) is 8.78 Å². The highest BCUT2D eigenvalue weighted by Crippen LogP contribution is 2.14. The first-order chi connectivity index (χ1) is 9.65. The molecule has 1 aromatic rings. The third-order valence-electron chi connectivity index (χ3n) is 2.38. The van der Waals surface area contributed by atoms with Gasteiger partial charge in [-0.1, -0.05) is 12.1 Å². The van der Waals surface area contributed by atoms with Crippen LogP contribution >= 0.6 is 0 Å². The van der Waals surface area contributed by atoms with E-state index in [-0.39, 0.29) is 0 Å². The Morgan fingerprint density at radius 3 is 2.55 bits per heavy atom. The second kappa shape index (κ2) is 9.12. The number of hydrogen-bond donors (Lipinski definition) is 2. The number of halogens is 2. The Hall–Kier alpha value is -1.85. The van der Waals surface area contributed by atoms with Crippen molar-refractivity contribution in [3.63, 3.8) is 0 Å². The van der Waals surface area contributed by atoms with Gasteiger partial charge >= 0.3 is 0 Å². The van der Waals surface area contributed by atoms with E-state index in [1.165, 1.54) is 0 Å². The van der Waals surface area contributed by atoms with Crippen molar-refractivity contribution in [3.05, 3.63) is 29.8 Å². The van der Waals surface area contributed by atoms with Crippen LogP contribution in [-0.4, -0.2) is 32.1 Å². The van der Waals surface area contributed by atoms with Crippen molar-refractivity contribution in [1.29, 1.82) is 0 Å². The van der Waals surface area contributed by atoms with Crippen LogP contribution in [-0.2, 0) is 6.54 Å². The molecule has 0 amide bonds. The zero-order chi connectivity index (χ0) is 14.8. The van der Waals surface area contributed by atoms with E-state index in [4.69, 9.17) is 4.74 Å². The molecule has 0 spiro atoms. The van der Waals surface area contributed by atoms with Crippen molar-refractivity contribution in [2.24, 2.45) is 4.99 Å². The number of alkyl halides is 2. The second-order valence-electron chi connectivity index (χ2n) is 4.07. The Bertz CT molecular complexity index is 417. The minimum absolute atomic E-state index is 0.437. The summed E-state index contributed by atoms with van der Waals surface area (Å²) in [5.74, 6) is 1.17. The molecular formula is C14H21F2N3O. The van der Waals surface area contributed by atoms with Gasteiger partial charge in [-0.3, -0.25) is 0 Å². The number of ether oxygens (including phenoxy) is 1.